The molecule has 26 heavy (non-hydrogen) atoms. The molecule has 1 N–H and O–H groups in total. The molecular weight excluding hydrogens is 378 g/mol. The third kappa shape index (κ3) is 2.78. The minimum atomic E-state index is -3.14. The molecule has 0 saturated carbocycles. The number of urea groups is 1. The number of thiazole rings is 1. The van der Waals surface area contributed by atoms with Crippen LogP contribution in [-0.4, -0.2) is 57.2 Å². The van der Waals surface area contributed by atoms with Crippen molar-refractivity contribution in [3.63, 3.8) is 0 Å². The highest BCUT2D eigenvalue weighted by atomic mass is 32.2. The first kappa shape index (κ1) is 17.1. The number of fused-ring (bicyclic) bond motifs is 1. The minimum Gasteiger partial charge on any atom is -0.493 e. The summed E-state index contributed by atoms with van der Waals surface area (Å²) >= 11 is 1.30. The van der Waals surface area contributed by atoms with Crippen LogP contribution in [0.4, 0.5) is 9.93 Å². The zero-order chi connectivity index (χ0) is 18.5. The molecule has 2 aliphatic rings. The molecule has 8 nitrogen and oxygen atoms in total. The molecule has 4 rings (SSSR count). The predicted molar refractivity (Wildman–Crippen MR) is 97.9 cm³/mol. The van der Waals surface area contributed by atoms with Crippen molar-refractivity contribution in [3.05, 3.63) is 23.6 Å². The molecular formula is C16H17N3O5S2. The Morgan fingerprint density at radius 3 is 2.73 bits per heavy atom. The summed E-state index contributed by atoms with van der Waals surface area (Å²) in [6.45, 7) is 0. The third-order valence-electron chi connectivity index (χ3n) is 4.56. The molecule has 138 valence electrons. The summed E-state index contributed by atoms with van der Waals surface area (Å²) in [5.41, 5.74) is 1.50. The van der Waals surface area contributed by atoms with Gasteiger partial charge in [-0.25, -0.2) is 18.2 Å². The Balaban J connectivity index is 1.65. The number of nitrogens with zero attached hydrogens (tertiary/aromatic N) is 2. The molecule has 1 aromatic heterocycles. The highest BCUT2D eigenvalue weighted by molar-refractivity contribution is 7.91. The van der Waals surface area contributed by atoms with Gasteiger partial charge in [0, 0.05) is 10.9 Å². The molecule has 0 unspecified atom stereocenters. The van der Waals surface area contributed by atoms with Gasteiger partial charge in [-0.15, -0.1) is 11.3 Å². The number of aromatic nitrogens is 1. The van der Waals surface area contributed by atoms with Gasteiger partial charge in [-0.1, -0.05) is 0 Å². The Bertz CT molecular complexity index is 972. The van der Waals surface area contributed by atoms with E-state index in [1.54, 1.807) is 20.3 Å². The van der Waals surface area contributed by atoms with Crippen molar-refractivity contribution < 1.29 is 22.7 Å². The summed E-state index contributed by atoms with van der Waals surface area (Å²) in [7, 11) is -0.0170. The average molecular weight is 395 g/mol. The van der Waals surface area contributed by atoms with Crippen LogP contribution in [0.25, 0.3) is 11.3 Å². The van der Waals surface area contributed by atoms with Crippen LogP contribution in [0.2, 0.25) is 0 Å². The number of nitrogens with one attached hydrogen (secondary N) is 1. The van der Waals surface area contributed by atoms with Crippen LogP contribution in [0, 0.1) is 0 Å². The number of hydrogen-bond donors (Lipinski definition) is 1. The first-order valence-corrected chi connectivity index (χ1v) is 10.6. The molecule has 10 heteroatoms. The smallest absolute Gasteiger partial charge is 0.324 e. The van der Waals surface area contributed by atoms with Gasteiger partial charge in [0.1, 0.15) is 0 Å². The number of amides is 2. The van der Waals surface area contributed by atoms with Crippen molar-refractivity contribution in [2.45, 2.75) is 12.1 Å². The first-order chi connectivity index (χ1) is 12.4. The quantitative estimate of drug-likeness (QED) is 0.789. The van der Waals surface area contributed by atoms with Crippen molar-refractivity contribution >= 4 is 32.3 Å². The maximum Gasteiger partial charge on any atom is 0.324 e. The van der Waals surface area contributed by atoms with Gasteiger partial charge in [0.05, 0.1) is 43.5 Å². The lowest BCUT2D eigenvalue weighted by atomic mass is 10.1. The molecule has 2 amide bonds. The van der Waals surface area contributed by atoms with Crippen LogP contribution < -0.4 is 19.7 Å². The van der Waals surface area contributed by atoms with Crippen LogP contribution >= 0.6 is 11.3 Å². The lowest BCUT2D eigenvalue weighted by Crippen LogP contribution is -2.36. The van der Waals surface area contributed by atoms with Crippen molar-refractivity contribution in [1.29, 1.82) is 0 Å². The maximum absolute atomic E-state index is 12.3. The summed E-state index contributed by atoms with van der Waals surface area (Å²) < 4.78 is 34.3. The maximum atomic E-state index is 12.3. The van der Waals surface area contributed by atoms with Gasteiger partial charge in [-0.3, -0.25) is 4.90 Å². The van der Waals surface area contributed by atoms with E-state index in [2.05, 4.69) is 10.3 Å². The molecule has 2 aliphatic heterocycles. The average Bonchev–Trinajstić information content (AvgIpc) is 3.26. The van der Waals surface area contributed by atoms with Gasteiger partial charge < -0.3 is 14.8 Å². The number of methoxy groups -OCH3 is 2. The molecule has 3 heterocycles. The van der Waals surface area contributed by atoms with Gasteiger partial charge in [-0.05, 0) is 18.2 Å². The molecule has 2 atom stereocenters. The number of hydrogen-bond acceptors (Lipinski definition) is 7. The Hall–Kier alpha value is -2.33. The van der Waals surface area contributed by atoms with E-state index < -0.39 is 15.9 Å². The van der Waals surface area contributed by atoms with Gasteiger partial charge in [0.25, 0.3) is 0 Å². The molecule has 0 bridgehead atoms. The van der Waals surface area contributed by atoms with E-state index in [-0.39, 0.29) is 23.6 Å². The lowest BCUT2D eigenvalue weighted by Gasteiger charge is -2.17. The minimum absolute atomic E-state index is 0.0200. The fourth-order valence-electron chi connectivity index (χ4n) is 3.33. The second kappa shape index (κ2) is 6.13. The van der Waals surface area contributed by atoms with E-state index in [1.807, 2.05) is 17.5 Å². The summed E-state index contributed by atoms with van der Waals surface area (Å²) in [5.74, 6) is 1.14. The second-order valence-electron chi connectivity index (χ2n) is 6.16. The van der Waals surface area contributed by atoms with Crippen molar-refractivity contribution in [2.24, 2.45) is 0 Å². The third-order valence-corrected chi connectivity index (χ3v) is 7.12. The number of carbonyl (C=O) groups excluding carboxylic acids is 1. The SMILES string of the molecule is COc1ccc(-c2csc(N3C(=O)N[C@H]4CS(=O)(=O)C[C@H]43)n2)cc1OC. The van der Waals surface area contributed by atoms with E-state index in [0.717, 1.165) is 5.56 Å². The van der Waals surface area contributed by atoms with Crippen molar-refractivity contribution in [3.8, 4) is 22.8 Å². The Kier molecular flexibility index (Phi) is 4.03. The van der Waals surface area contributed by atoms with Crippen molar-refractivity contribution in [2.75, 3.05) is 30.6 Å². The second-order valence-corrected chi connectivity index (χ2v) is 9.15. The zero-order valence-electron chi connectivity index (χ0n) is 14.1. The summed E-state index contributed by atoms with van der Waals surface area (Å²) in [6, 6.07) is 4.37. The standard InChI is InChI=1S/C16H17N3O5S2/c1-23-13-4-3-9(5-14(13)24-2)10-6-25-16(18-10)19-12-8-26(21,22)7-11(12)17-15(19)20/h3-6,11-12H,7-8H2,1-2H3,(H,17,20)/t11-,12+/m0/s1. The molecule has 2 fully saturated rings. The van der Waals surface area contributed by atoms with Gasteiger partial charge in [0.15, 0.2) is 26.5 Å². The molecule has 0 spiro atoms. The molecule has 1 aromatic carbocycles. The molecule has 2 saturated heterocycles. The first-order valence-electron chi connectivity index (χ1n) is 7.90. The topological polar surface area (TPSA) is 97.8 Å². The highest BCUT2D eigenvalue weighted by Gasteiger charge is 2.50. The Labute approximate surface area is 154 Å². The van der Waals surface area contributed by atoms with Gasteiger partial charge in [0.2, 0.25) is 0 Å². The predicted octanol–water partition coefficient (Wildman–Crippen LogP) is 1.52. The van der Waals surface area contributed by atoms with E-state index in [0.29, 0.717) is 22.3 Å². The van der Waals surface area contributed by atoms with Crippen LogP contribution in [-0.2, 0) is 9.84 Å². The summed E-state index contributed by atoms with van der Waals surface area (Å²) in [6.07, 6.45) is 0. The molecule has 2 aromatic rings. The highest BCUT2D eigenvalue weighted by Crippen LogP contribution is 2.36. The van der Waals surface area contributed by atoms with E-state index >= 15 is 0 Å². The van der Waals surface area contributed by atoms with Crippen LogP contribution in [0.15, 0.2) is 23.6 Å². The number of rotatable bonds is 4. The monoisotopic (exact) mass is 395 g/mol. The number of anilines is 1. The lowest BCUT2D eigenvalue weighted by molar-refractivity contribution is 0.251. The van der Waals surface area contributed by atoms with E-state index in [9.17, 15) is 13.2 Å². The fourth-order valence-corrected chi connectivity index (χ4v) is 6.11. The van der Waals surface area contributed by atoms with Gasteiger partial charge >= 0.3 is 6.03 Å². The van der Waals surface area contributed by atoms with Crippen LogP contribution in [0.1, 0.15) is 0 Å². The fraction of sp³-hybridized carbons (Fsp3) is 0.375. The normalized spacial score (nSPS) is 23.6. The number of benzene rings is 1. The summed E-state index contributed by atoms with van der Waals surface area (Å²) in [4.78, 5) is 18.3. The molecule has 0 aliphatic carbocycles. The zero-order valence-corrected chi connectivity index (χ0v) is 15.8. The largest absolute Gasteiger partial charge is 0.493 e. The van der Waals surface area contributed by atoms with Crippen molar-refractivity contribution in [1.82, 2.24) is 10.3 Å². The molecule has 0 radical (unpaired) electrons. The number of carbonyl (C=O) groups is 1. The Morgan fingerprint density at radius 1 is 1.23 bits per heavy atom. The van der Waals surface area contributed by atoms with E-state index in [1.165, 1.54) is 16.2 Å². The number of ether oxygens (including phenoxy) is 2. The summed E-state index contributed by atoms with van der Waals surface area (Å²) in [5, 5.41) is 5.06. The van der Waals surface area contributed by atoms with Gasteiger partial charge in [-0.2, -0.15) is 0 Å². The van der Waals surface area contributed by atoms with Crippen LogP contribution in [0.5, 0.6) is 11.5 Å². The van der Waals surface area contributed by atoms with Crippen LogP contribution in [0.3, 0.4) is 0 Å². The van der Waals surface area contributed by atoms with E-state index in [4.69, 9.17) is 9.47 Å². The number of sulfone groups is 1. The Morgan fingerprint density at radius 2 is 2.00 bits per heavy atom.